The highest BCUT2D eigenvalue weighted by molar-refractivity contribution is 9.10. The fraction of sp³-hybridized carbons (Fsp3) is 0.111. The zero-order valence-electron chi connectivity index (χ0n) is 12.2. The van der Waals surface area contributed by atoms with Crippen molar-refractivity contribution < 1.29 is 4.79 Å². The molecule has 110 valence electrons. The summed E-state index contributed by atoms with van der Waals surface area (Å²) in [7, 11) is 0. The Morgan fingerprint density at radius 3 is 2.36 bits per heavy atom. The summed E-state index contributed by atoms with van der Waals surface area (Å²) in [5.41, 5.74) is 4.36. The van der Waals surface area contributed by atoms with Crippen LogP contribution >= 0.6 is 15.9 Å². The molecule has 0 saturated carbocycles. The third-order valence-corrected chi connectivity index (χ3v) is 4.38. The Bertz CT molecular complexity index is 792. The average Bonchev–Trinajstić information content (AvgIpc) is 2.92. The summed E-state index contributed by atoms with van der Waals surface area (Å²) in [4.78, 5) is 11.5. The molecule has 1 aromatic heterocycles. The van der Waals surface area contributed by atoms with E-state index in [-0.39, 0.29) is 0 Å². The molecule has 0 radical (unpaired) electrons. The lowest BCUT2D eigenvalue weighted by molar-refractivity contribution is 0.112. The summed E-state index contributed by atoms with van der Waals surface area (Å²) in [6.45, 7) is 2.12. The van der Waals surface area contributed by atoms with E-state index in [1.807, 2.05) is 42.5 Å². The zero-order valence-corrected chi connectivity index (χ0v) is 13.7. The van der Waals surface area contributed by atoms with Crippen LogP contribution in [0.15, 0.2) is 59.2 Å². The Morgan fingerprint density at radius 2 is 1.77 bits per heavy atom. The molecule has 3 aromatic rings. The Labute approximate surface area is 137 Å². The van der Waals surface area contributed by atoms with Crippen LogP contribution in [0.25, 0.3) is 16.9 Å². The van der Waals surface area contributed by atoms with Gasteiger partial charge in [0.1, 0.15) is 10.3 Å². The normalized spacial score (nSPS) is 10.6. The van der Waals surface area contributed by atoms with Gasteiger partial charge < -0.3 is 0 Å². The maximum atomic E-state index is 11.5. The highest BCUT2D eigenvalue weighted by Gasteiger charge is 2.17. The SMILES string of the molecule is CCc1ccc(-c2nn(-c3ccccc3)c(Br)c2C=O)cc1. The molecule has 0 aliphatic rings. The van der Waals surface area contributed by atoms with Gasteiger partial charge in [-0.2, -0.15) is 5.10 Å². The molecule has 4 heteroatoms. The van der Waals surface area contributed by atoms with Gasteiger partial charge >= 0.3 is 0 Å². The molecule has 0 fully saturated rings. The second-order valence-corrected chi connectivity index (χ2v) is 5.72. The molecular formula is C18H15BrN2O. The minimum atomic E-state index is 0.563. The minimum Gasteiger partial charge on any atom is -0.298 e. The number of aryl methyl sites for hydroxylation is 1. The van der Waals surface area contributed by atoms with Gasteiger partial charge in [0.05, 0.1) is 11.3 Å². The number of benzene rings is 2. The summed E-state index contributed by atoms with van der Waals surface area (Å²) < 4.78 is 2.41. The second kappa shape index (κ2) is 6.28. The zero-order chi connectivity index (χ0) is 15.5. The van der Waals surface area contributed by atoms with Crippen molar-refractivity contribution >= 4 is 22.2 Å². The van der Waals surface area contributed by atoms with Crippen LogP contribution in [0.5, 0.6) is 0 Å². The van der Waals surface area contributed by atoms with Gasteiger partial charge in [-0.1, -0.05) is 49.4 Å². The van der Waals surface area contributed by atoms with E-state index in [0.717, 1.165) is 24.0 Å². The minimum absolute atomic E-state index is 0.563. The number of para-hydroxylation sites is 1. The van der Waals surface area contributed by atoms with E-state index in [1.54, 1.807) is 4.68 Å². The molecule has 0 saturated heterocycles. The number of aromatic nitrogens is 2. The fourth-order valence-electron chi connectivity index (χ4n) is 2.37. The lowest BCUT2D eigenvalue weighted by Crippen LogP contribution is -1.96. The second-order valence-electron chi connectivity index (χ2n) is 4.97. The first-order valence-electron chi connectivity index (χ1n) is 7.13. The molecule has 22 heavy (non-hydrogen) atoms. The number of aldehydes is 1. The van der Waals surface area contributed by atoms with Gasteiger partial charge in [-0.15, -0.1) is 0 Å². The van der Waals surface area contributed by atoms with Gasteiger partial charge in [0, 0.05) is 5.56 Å². The monoisotopic (exact) mass is 354 g/mol. The summed E-state index contributed by atoms with van der Waals surface area (Å²) in [6, 6.07) is 17.9. The predicted octanol–water partition coefficient (Wildman–Crippen LogP) is 4.68. The number of rotatable bonds is 4. The van der Waals surface area contributed by atoms with Crippen LogP contribution in [0, 0.1) is 0 Å². The number of carbonyl (C=O) groups excluding carboxylic acids is 1. The first kappa shape index (κ1) is 14.7. The van der Waals surface area contributed by atoms with Gasteiger partial charge in [-0.05, 0) is 40.0 Å². The van der Waals surface area contributed by atoms with Crippen LogP contribution in [-0.2, 0) is 6.42 Å². The molecule has 1 heterocycles. The fourth-order valence-corrected chi connectivity index (χ4v) is 2.93. The van der Waals surface area contributed by atoms with E-state index in [9.17, 15) is 4.79 Å². The van der Waals surface area contributed by atoms with Crippen molar-refractivity contribution in [3.63, 3.8) is 0 Å². The highest BCUT2D eigenvalue weighted by atomic mass is 79.9. The molecule has 0 aliphatic heterocycles. The highest BCUT2D eigenvalue weighted by Crippen LogP contribution is 2.30. The van der Waals surface area contributed by atoms with Gasteiger partial charge in [0.15, 0.2) is 6.29 Å². The first-order valence-corrected chi connectivity index (χ1v) is 7.92. The molecular weight excluding hydrogens is 340 g/mol. The number of hydrogen-bond donors (Lipinski definition) is 0. The van der Waals surface area contributed by atoms with E-state index < -0.39 is 0 Å². The standard InChI is InChI=1S/C18H15BrN2O/c1-2-13-8-10-14(11-9-13)17-16(12-22)18(19)21(20-17)15-6-4-3-5-7-15/h3-12H,2H2,1H3. The van der Waals surface area contributed by atoms with Crippen LogP contribution in [0.4, 0.5) is 0 Å². The number of halogens is 1. The lowest BCUT2D eigenvalue weighted by atomic mass is 10.1. The molecule has 3 nitrogen and oxygen atoms in total. The van der Waals surface area contributed by atoms with Gasteiger partial charge in [-0.25, -0.2) is 4.68 Å². The van der Waals surface area contributed by atoms with E-state index in [4.69, 9.17) is 0 Å². The van der Waals surface area contributed by atoms with Gasteiger partial charge in [0.2, 0.25) is 0 Å². The van der Waals surface area contributed by atoms with E-state index in [2.05, 4.69) is 40.1 Å². The van der Waals surface area contributed by atoms with Gasteiger partial charge in [-0.3, -0.25) is 4.79 Å². The smallest absolute Gasteiger partial charge is 0.155 e. The Morgan fingerprint density at radius 1 is 1.09 bits per heavy atom. The van der Waals surface area contributed by atoms with E-state index >= 15 is 0 Å². The molecule has 0 amide bonds. The number of nitrogens with zero attached hydrogens (tertiary/aromatic N) is 2. The molecule has 3 rings (SSSR count). The molecule has 0 atom stereocenters. The van der Waals surface area contributed by atoms with Crippen molar-refractivity contribution in [2.45, 2.75) is 13.3 Å². The summed E-state index contributed by atoms with van der Waals surface area (Å²) >= 11 is 3.49. The molecule has 0 spiro atoms. The Hall–Kier alpha value is -2.20. The van der Waals surface area contributed by atoms with Crippen molar-refractivity contribution in [1.82, 2.24) is 9.78 Å². The van der Waals surface area contributed by atoms with Crippen LogP contribution in [0.2, 0.25) is 0 Å². The van der Waals surface area contributed by atoms with Crippen LogP contribution in [0.1, 0.15) is 22.8 Å². The summed E-state index contributed by atoms with van der Waals surface area (Å²) in [5.74, 6) is 0. The van der Waals surface area contributed by atoms with Crippen LogP contribution in [-0.4, -0.2) is 16.1 Å². The summed E-state index contributed by atoms with van der Waals surface area (Å²) in [5, 5.41) is 4.62. The van der Waals surface area contributed by atoms with Crippen LogP contribution in [0.3, 0.4) is 0 Å². The topological polar surface area (TPSA) is 34.9 Å². The first-order chi connectivity index (χ1) is 10.7. The Balaban J connectivity index is 2.13. The van der Waals surface area contributed by atoms with E-state index in [1.165, 1.54) is 5.56 Å². The van der Waals surface area contributed by atoms with Crippen LogP contribution < -0.4 is 0 Å². The lowest BCUT2D eigenvalue weighted by Gasteiger charge is -2.02. The third kappa shape index (κ3) is 2.62. The maximum Gasteiger partial charge on any atom is 0.155 e. The predicted molar refractivity (Wildman–Crippen MR) is 91.5 cm³/mol. The van der Waals surface area contributed by atoms with Crippen molar-refractivity contribution in [2.24, 2.45) is 0 Å². The molecule has 0 unspecified atom stereocenters. The quantitative estimate of drug-likeness (QED) is 0.637. The third-order valence-electron chi connectivity index (χ3n) is 3.62. The summed E-state index contributed by atoms with van der Waals surface area (Å²) in [6.07, 6.45) is 1.84. The van der Waals surface area contributed by atoms with Crippen molar-refractivity contribution in [3.05, 3.63) is 70.3 Å². The van der Waals surface area contributed by atoms with Gasteiger partial charge in [0.25, 0.3) is 0 Å². The molecule has 2 aromatic carbocycles. The molecule has 0 bridgehead atoms. The van der Waals surface area contributed by atoms with Crippen molar-refractivity contribution in [2.75, 3.05) is 0 Å². The average molecular weight is 355 g/mol. The van der Waals surface area contributed by atoms with E-state index in [0.29, 0.717) is 15.9 Å². The maximum absolute atomic E-state index is 11.5. The van der Waals surface area contributed by atoms with Crippen molar-refractivity contribution in [3.8, 4) is 16.9 Å². The number of hydrogen-bond acceptors (Lipinski definition) is 2. The molecule has 0 aliphatic carbocycles. The largest absolute Gasteiger partial charge is 0.298 e. The van der Waals surface area contributed by atoms with Crippen molar-refractivity contribution in [1.29, 1.82) is 0 Å². The number of carbonyl (C=O) groups is 1. The molecule has 0 N–H and O–H groups in total. The Kier molecular flexibility index (Phi) is 4.20.